The number of hydrogen-bond acceptors (Lipinski definition) is 6. The SMILES string of the molecule is COC(=O)/C=C/c1ccc(OC(=O)Cn2c3ccccc3c(=O)c3ccccc32)c(OC)c1. The van der Waals surface area contributed by atoms with Crippen molar-refractivity contribution >= 4 is 39.8 Å². The number of fused-ring (bicyclic) bond motifs is 2. The molecular weight excluding hydrogens is 422 g/mol. The molecule has 0 aliphatic heterocycles. The monoisotopic (exact) mass is 443 g/mol. The summed E-state index contributed by atoms with van der Waals surface area (Å²) < 4.78 is 17.3. The van der Waals surface area contributed by atoms with E-state index in [0.717, 1.165) is 0 Å². The minimum atomic E-state index is -0.523. The number of ether oxygens (including phenoxy) is 3. The van der Waals surface area contributed by atoms with E-state index in [9.17, 15) is 14.4 Å². The van der Waals surface area contributed by atoms with Crippen LogP contribution in [-0.2, 0) is 20.9 Å². The van der Waals surface area contributed by atoms with Gasteiger partial charge in [0.05, 0.1) is 25.3 Å². The van der Waals surface area contributed by atoms with E-state index >= 15 is 0 Å². The molecule has 0 amide bonds. The molecule has 0 saturated carbocycles. The molecule has 3 aromatic carbocycles. The maximum atomic E-state index is 12.9. The van der Waals surface area contributed by atoms with Crippen LogP contribution in [0, 0.1) is 0 Å². The van der Waals surface area contributed by atoms with Crippen LogP contribution in [-0.4, -0.2) is 30.7 Å². The first-order chi connectivity index (χ1) is 16.0. The van der Waals surface area contributed by atoms with Gasteiger partial charge in [0.2, 0.25) is 0 Å². The maximum absolute atomic E-state index is 12.9. The van der Waals surface area contributed by atoms with Crippen molar-refractivity contribution < 1.29 is 23.8 Å². The average Bonchev–Trinajstić information content (AvgIpc) is 2.85. The molecule has 33 heavy (non-hydrogen) atoms. The fourth-order valence-corrected chi connectivity index (χ4v) is 3.64. The van der Waals surface area contributed by atoms with E-state index in [-0.39, 0.29) is 17.7 Å². The summed E-state index contributed by atoms with van der Waals surface area (Å²) in [5.41, 5.74) is 1.89. The largest absolute Gasteiger partial charge is 0.493 e. The highest BCUT2D eigenvalue weighted by atomic mass is 16.6. The van der Waals surface area contributed by atoms with Gasteiger partial charge < -0.3 is 18.8 Å². The zero-order chi connectivity index (χ0) is 23.4. The topological polar surface area (TPSA) is 83.8 Å². The number of esters is 2. The van der Waals surface area contributed by atoms with Crippen molar-refractivity contribution in [2.45, 2.75) is 6.54 Å². The molecule has 4 aromatic rings. The van der Waals surface area contributed by atoms with Crippen molar-refractivity contribution in [3.63, 3.8) is 0 Å². The number of pyridine rings is 1. The van der Waals surface area contributed by atoms with Gasteiger partial charge in [0.1, 0.15) is 6.54 Å². The van der Waals surface area contributed by atoms with Crippen LogP contribution in [0.3, 0.4) is 0 Å². The van der Waals surface area contributed by atoms with Crippen molar-refractivity contribution in [1.29, 1.82) is 0 Å². The predicted octanol–water partition coefficient (Wildman–Crippen LogP) is 3.96. The molecule has 0 radical (unpaired) electrons. The molecule has 0 aliphatic carbocycles. The van der Waals surface area contributed by atoms with Crippen LogP contribution in [0.25, 0.3) is 27.9 Å². The quantitative estimate of drug-likeness (QED) is 0.194. The smallest absolute Gasteiger partial charge is 0.331 e. The molecule has 1 aromatic heterocycles. The predicted molar refractivity (Wildman–Crippen MR) is 125 cm³/mol. The van der Waals surface area contributed by atoms with Gasteiger partial charge in [-0.15, -0.1) is 0 Å². The van der Waals surface area contributed by atoms with Gasteiger partial charge in [0, 0.05) is 16.8 Å². The van der Waals surface area contributed by atoms with Gasteiger partial charge in [-0.05, 0) is 48.0 Å². The Balaban J connectivity index is 1.66. The van der Waals surface area contributed by atoms with E-state index in [1.54, 1.807) is 65.2 Å². The fourth-order valence-electron chi connectivity index (χ4n) is 3.64. The summed E-state index contributed by atoms with van der Waals surface area (Å²) in [6, 6.07) is 19.3. The Bertz CT molecular complexity index is 1390. The van der Waals surface area contributed by atoms with Gasteiger partial charge in [-0.25, -0.2) is 9.59 Å². The van der Waals surface area contributed by atoms with Gasteiger partial charge in [0.15, 0.2) is 16.9 Å². The molecule has 0 saturated heterocycles. The maximum Gasteiger partial charge on any atom is 0.331 e. The summed E-state index contributed by atoms with van der Waals surface area (Å²) in [4.78, 5) is 37.1. The van der Waals surface area contributed by atoms with Crippen molar-refractivity contribution in [2.75, 3.05) is 14.2 Å². The molecule has 0 spiro atoms. The Kier molecular flexibility index (Phi) is 6.22. The standard InChI is InChI=1S/C26H21NO6/c1-31-23-15-17(12-14-24(28)32-2)11-13-22(23)33-25(29)16-27-20-9-5-3-7-18(20)26(30)19-8-4-6-10-21(19)27/h3-15H,16H2,1-2H3/b14-12+. The van der Waals surface area contributed by atoms with E-state index in [0.29, 0.717) is 33.1 Å². The lowest BCUT2D eigenvalue weighted by molar-refractivity contribution is -0.135. The summed E-state index contributed by atoms with van der Waals surface area (Å²) in [5, 5.41) is 1.06. The first-order valence-electron chi connectivity index (χ1n) is 10.2. The summed E-state index contributed by atoms with van der Waals surface area (Å²) in [5.74, 6) is -0.424. The van der Waals surface area contributed by atoms with Crippen LogP contribution < -0.4 is 14.9 Å². The Labute approximate surface area is 189 Å². The Hall–Kier alpha value is -4.39. The lowest BCUT2D eigenvalue weighted by Gasteiger charge is -2.15. The summed E-state index contributed by atoms with van der Waals surface area (Å²) >= 11 is 0. The number of aromatic nitrogens is 1. The number of methoxy groups -OCH3 is 2. The zero-order valence-corrected chi connectivity index (χ0v) is 18.1. The van der Waals surface area contributed by atoms with Crippen molar-refractivity contribution in [3.05, 3.63) is 88.6 Å². The van der Waals surface area contributed by atoms with Crippen LogP contribution in [0.5, 0.6) is 11.5 Å². The minimum Gasteiger partial charge on any atom is -0.493 e. The average molecular weight is 443 g/mol. The first-order valence-corrected chi connectivity index (χ1v) is 10.2. The normalized spacial score (nSPS) is 11.1. The van der Waals surface area contributed by atoms with Gasteiger partial charge in [-0.3, -0.25) is 4.79 Å². The molecule has 166 valence electrons. The molecule has 0 N–H and O–H groups in total. The van der Waals surface area contributed by atoms with Crippen LogP contribution in [0.2, 0.25) is 0 Å². The third-order valence-electron chi connectivity index (χ3n) is 5.19. The molecule has 0 bridgehead atoms. The van der Waals surface area contributed by atoms with Crippen molar-refractivity contribution in [2.24, 2.45) is 0 Å². The van der Waals surface area contributed by atoms with Gasteiger partial charge >= 0.3 is 11.9 Å². The second-order valence-corrected chi connectivity index (χ2v) is 7.19. The van der Waals surface area contributed by atoms with E-state index in [1.165, 1.54) is 20.3 Å². The van der Waals surface area contributed by atoms with Gasteiger partial charge in [0.25, 0.3) is 0 Å². The molecule has 7 nitrogen and oxygen atoms in total. The zero-order valence-electron chi connectivity index (χ0n) is 18.1. The Morgan fingerprint density at radius 1 is 0.879 bits per heavy atom. The Morgan fingerprint density at radius 2 is 1.52 bits per heavy atom. The number of hydrogen-bond donors (Lipinski definition) is 0. The van der Waals surface area contributed by atoms with E-state index in [4.69, 9.17) is 9.47 Å². The lowest BCUT2D eigenvalue weighted by atomic mass is 10.1. The highest BCUT2D eigenvalue weighted by Crippen LogP contribution is 2.29. The van der Waals surface area contributed by atoms with Crippen LogP contribution in [0.4, 0.5) is 0 Å². The van der Waals surface area contributed by atoms with Gasteiger partial charge in [-0.1, -0.05) is 30.3 Å². The molecular formula is C26H21NO6. The number of carbonyl (C=O) groups is 2. The summed E-state index contributed by atoms with van der Waals surface area (Å²) in [7, 11) is 2.76. The number of rotatable bonds is 6. The number of nitrogens with zero attached hydrogens (tertiary/aromatic N) is 1. The minimum absolute atomic E-state index is 0.0805. The molecule has 7 heteroatoms. The second kappa shape index (κ2) is 9.40. The number of carbonyl (C=O) groups excluding carboxylic acids is 2. The molecule has 0 aliphatic rings. The highest BCUT2D eigenvalue weighted by molar-refractivity contribution is 5.94. The molecule has 0 fully saturated rings. The van der Waals surface area contributed by atoms with E-state index < -0.39 is 11.9 Å². The fraction of sp³-hybridized carbons (Fsp3) is 0.115. The van der Waals surface area contributed by atoms with Gasteiger partial charge in [-0.2, -0.15) is 0 Å². The lowest BCUT2D eigenvalue weighted by Crippen LogP contribution is -2.20. The van der Waals surface area contributed by atoms with Crippen LogP contribution >= 0.6 is 0 Å². The summed E-state index contributed by atoms with van der Waals surface area (Å²) in [6.07, 6.45) is 2.85. The van der Waals surface area contributed by atoms with Crippen LogP contribution in [0.1, 0.15) is 5.56 Å². The molecule has 0 atom stereocenters. The highest BCUT2D eigenvalue weighted by Gasteiger charge is 2.16. The third kappa shape index (κ3) is 4.48. The molecule has 4 rings (SSSR count). The van der Waals surface area contributed by atoms with Crippen molar-refractivity contribution in [3.8, 4) is 11.5 Å². The van der Waals surface area contributed by atoms with Crippen LogP contribution in [0.15, 0.2) is 77.6 Å². The van der Waals surface area contributed by atoms with E-state index in [2.05, 4.69) is 4.74 Å². The molecule has 1 heterocycles. The third-order valence-corrected chi connectivity index (χ3v) is 5.19. The second-order valence-electron chi connectivity index (χ2n) is 7.19. The first kappa shape index (κ1) is 21.8. The molecule has 0 unspecified atom stereocenters. The van der Waals surface area contributed by atoms with Crippen molar-refractivity contribution in [1.82, 2.24) is 4.57 Å². The number of benzene rings is 3. The Morgan fingerprint density at radius 3 is 2.12 bits per heavy atom. The number of para-hydroxylation sites is 2. The summed E-state index contributed by atoms with van der Waals surface area (Å²) in [6.45, 7) is -0.103. The van der Waals surface area contributed by atoms with E-state index in [1.807, 2.05) is 12.1 Å².